The molecule has 8 nitrogen and oxygen atoms in total. The Morgan fingerprint density at radius 2 is 1.91 bits per heavy atom. The van der Waals surface area contributed by atoms with Crippen LogP contribution in [0.1, 0.15) is 16.2 Å². The molecule has 5 rings (SSSR count). The number of nitrogens with one attached hydrogen (secondary N) is 1. The minimum absolute atomic E-state index is 0.285. The van der Waals surface area contributed by atoms with E-state index in [1.807, 2.05) is 42.8 Å². The maximum Gasteiger partial charge on any atom is 0.276 e. The first-order valence-corrected chi connectivity index (χ1v) is 11.9. The summed E-state index contributed by atoms with van der Waals surface area (Å²) in [5.41, 5.74) is 6.24. The molecule has 1 amide bonds. The number of nitrogens with zero attached hydrogens (tertiary/aromatic N) is 4. The number of ether oxygens (including phenoxy) is 2. The molecule has 35 heavy (non-hydrogen) atoms. The van der Waals surface area contributed by atoms with Crippen molar-refractivity contribution in [1.82, 2.24) is 19.7 Å². The first-order valence-electron chi connectivity index (χ1n) is 11.0. The van der Waals surface area contributed by atoms with Crippen LogP contribution in [0.25, 0.3) is 27.3 Å². The Bertz CT molecular complexity index is 1480. The molecule has 0 saturated carbocycles. The number of hydrogen-bond donors (Lipinski definition) is 1. The van der Waals surface area contributed by atoms with Gasteiger partial charge in [-0.1, -0.05) is 12.1 Å². The van der Waals surface area contributed by atoms with Gasteiger partial charge in [0.1, 0.15) is 12.4 Å². The van der Waals surface area contributed by atoms with Gasteiger partial charge in [-0.05, 0) is 61.5 Å². The quantitative estimate of drug-likeness (QED) is 0.307. The van der Waals surface area contributed by atoms with Gasteiger partial charge in [-0.15, -0.1) is 11.3 Å². The molecular weight excluding hydrogens is 462 g/mol. The van der Waals surface area contributed by atoms with Crippen LogP contribution in [0, 0.1) is 6.92 Å². The fourth-order valence-electron chi connectivity index (χ4n) is 3.61. The van der Waals surface area contributed by atoms with E-state index in [0.717, 1.165) is 27.2 Å². The van der Waals surface area contributed by atoms with Crippen LogP contribution in [-0.4, -0.2) is 46.0 Å². The molecular formula is C26H23N5O3S. The van der Waals surface area contributed by atoms with E-state index in [2.05, 4.69) is 26.4 Å². The molecule has 9 heteroatoms. The standard InChI is InChI=1S/C26H23N5O3S/c1-17-4-3-5-25(28-17)31-23(18-6-11-21-24(14-18)35-16-27-21)15-22(30-31)26(32)29-19-7-9-20(10-8-19)34-13-12-33-2/h3-11,14-16H,12-13H2,1-2H3,(H,29,32). The van der Waals surface area contributed by atoms with Gasteiger partial charge in [0.05, 0.1) is 28.0 Å². The Kier molecular flexibility index (Phi) is 6.51. The van der Waals surface area contributed by atoms with E-state index < -0.39 is 0 Å². The molecule has 0 bridgehead atoms. The lowest BCUT2D eigenvalue weighted by Gasteiger charge is -2.08. The number of hydrogen-bond acceptors (Lipinski definition) is 7. The van der Waals surface area contributed by atoms with Gasteiger partial charge < -0.3 is 14.8 Å². The van der Waals surface area contributed by atoms with Crippen LogP contribution < -0.4 is 10.1 Å². The first-order chi connectivity index (χ1) is 17.1. The molecule has 0 saturated heterocycles. The highest BCUT2D eigenvalue weighted by atomic mass is 32.1. The minimum atomic E-state index is -0.315. The molecule has 1 N–H and O–H groups in total. The largest absolute Gasteiger partial charge is 0.491 e. The molecule has 0 unspecified atom stereocenters. The zero-order valence-corrected chi connectivity index (χ0v) is 20.1. The lowest BCUT2D eigenvalue weighted by molar-refractivity contribution is 0.102. The predicted molar refractivity (Wildman–Crippen MR) is 136 cm³/mol. The Morgan fingerprint density at radius 3 is 2.71 bits per heavy atom. The topological polar surface area (TPSA) is 91.2 Å². The highest BCUT2D eigenvalue weighted by molar-refractivity contribution is 7.16. The summed E-state index contributed by atoms with van der Waals surface area (Å²) in [6.45, 7) is 2.89. The van der Waals surface area contributed by atoms with Gasteiger partial charge in [0, 0.05) is 24.1 Å². The van der Waals surface area contributed by atoms with Crippen molar-refractivity contribution in [3.63, 3.8) is 0 Å². The molecule has 0 aliphatic heterocycles. The number of amides is 1. The van der Waals surface area contributed by atoms with E-state index >= 15 is 0 Å². The fourth-order valence-corrected chi connectivity index (χ4v) is 4.32. The van der Waals surface area contributed by atoms with Crippen LogP contribution in [0.3, 0.4) is 0 Å². The van der Waals surface area contributed by atoms with Crippen molar-refractivity contribution in [2.24, 2.45) is 0 Å². The molecule has 176 valence electrons. The van der Waals surface area contributed by atoms with Gasteiger partial charge in [0.25, 0.3) is 5.91 Å². The molecule has 3 aromatic heterocycles. The van der Waals surface area contributed by atoms with Crippen molar-refractivity contribution in [3.05, 3.63) is 83.6 Å². The third kappa shape index (κ3) is 5.06. The summed E-state index contributed by atoms with van der Waals surface area (Å²) in [6, 6.07) is 20.7. The zero-order valence-electron chi connectivity index (χ0n) is 19.3. The number of methoxy groups -OCH3 is 1. The van der Waals surface area contributed by atoms with Crippen molar-refractivity contribution >= 4 is 33.1 Å². The lowest BCUT2D eigenvalue weighted by Crippen LogP contribution is -2.13. The number of rotatable bonds is 8. The van der Waals surface area contributed by atoms with Gasteiger partial charge in [-0.2, -0.15) is 5.10 Å². The number of thiazole rings is 1. The Hall–Kier alpha value is -4.08. The van der Waals surface area contributed by atoms with Crippen molar-refractivity contribution < 1.29 is 14.3 Å². The smallest absolute Gasteiger partial charge is 0.276 e. The Labute approximate surface area is 206 Å². The molecule has 0 fully saturated rings. The Morgan fingerprint density at radius 1 is 1.06 bits per heavy atom. The highest BCUT2D eigenvalue weighted by Crippen LogP contribution is 2.29. The first kappa shape index (κ1) is 22.7. The monoisotopic (exact) mass is 485 g/mol. The maximum absolute atomic E-state index is 13.1. The van der Waals surface area contributed by atoms with Gasteiger partial charge in [0.2, 0.25) is 0 Å². The molecule has 0 radical (unpaired) electrons. The second kappa shape index (κ2) is 10.0. The number of carbonyl (C=O) groups excluding carboxylic acids is 1. The summed E-state index contributed by atoms with van der Waals surface area (Å²) in [7, 11) is 1.63. The SMILES string of the molecule is COCCOc1ccc(NC(=O)c2cc(-c3ccc4ncsc4c3)n(-c3cccc(C)n3)n2)cc1. The number of aromatic nitrogens is 4. The maximum atomic E-state index is 13.1. The number of anilines is 1. The summed E-state index contributed by atoms with van der Waals surface area (Å²) in [5, 5.41) is 7.53. The number of benzene rings is 2. The van der Waals surface area contributed by atoms with E-state index in [9.17, 15) is 4.79 Å². The van der Waals surface area contributed by atoms with Gasteiger partial charge in [0.15, 0.2) is 11.5 Å². The summed E-state index contributed by atoms with van der Waals surface area (Å²) in [5.74, 6) is 1.03. The molecule has 0 atom stereocenters. The minimum Gasteiger partial charge on any atom is -0.491 e. The second-order valence-corrected chi connectivity index (χ2v) is 8.70. The van der Waals surface area contributed by atoms with E-state index in [1.165, 1.54) is 0 Å². The van der Waals surface area contributed by atoms with E-state index in [4.69, 9.17) is 9.47 Å². The molecule has 3 heterocycles. The van der Waals surface area contributed by atoms with Gasteiger partial charge in [-0.25, -0.2) is 14.6 Å². The van der Waals surface area contributed by atoms with Crippen LogP contribution in [0.2, 0.25) is 0 Å². The third-order valence-electron chi connectivity index (χ3n) is 5.33. The number of pyridine rings is 1. The zero-order chi connectivity index (χ0) is 24.2. The van der Waals surface area contributed by atoms with Crippen molar-refractivity contribution in [2.75, 3.05) is 25.6 Å². The summed E-state index contributed by atoms with van der Waals surface area (Å²) in [4.78, 5) is 22.1. The molecule has 5 aromatic rings. The van der Waals surface area contributed by atoms with Crippen LogP contribution in [0.4, 0.5) is 5.69 Å². The van der Waals surface area contributed by atoms with Gasteiger partial charge in [-0.3, -0.25) is 4.79 Å². The van der Waals surface area contributed by atoms with Crippen LogP contribution in [0.15, 0.2) is 72.2 Å². The predicted octanol–water partition coefficient (Wildman–Crippen LogP) is 5.13. The fraction of sp³-hybridized carbons (Fsp3) is 0.154. The molecule has 0 aliphatic carbocycles. The molecule has 0 spiro atoms. The van der Waals surface area contributed by atoms with E-state index in [1.54, 1.807) is 53.5 Å². The third-order valence-corrected chi connectivity index (χ3v) is 6.12. The second-order valence-electron chi connectivity index (χ2n) is 7.82. The van der Waals surface area contributed by atoms with Crippen LogP contribution >= 0.6 is 11.3 Å². The molecule has 2 aromatic carbocycles. The molecule has 0 aliphatic rings. The highest BCUT2D eigenvalue weighted by Gasteiger charge is 2.18. The van der Waals surface area contributed by atoms with Gasteiger partial charge >= 0.3 is 0 Å². The normalized spacial score (nSPS) is 11.0. The van der Waals surface area contributed by atoms with E-state index in [0.29, 0.717) is 30.5 Å². The average Bonchev–Trinajstić information content (AvgIpc) is 3.52. The van der Waals surface area contributed by atoms with Crippen molar-refractivity contribution in [1.29, 1.82) is 0 Å². The van der Waals surface area contributed by atoms with Crippen LogP contribution in [-0.2, 0) is 4.74 Å². The summed E-state index contributed by atoms with van der Waals surface area (Å²) >= 11 is 1.57. The van der Waals surface area contributed by atoms with Crippen molar-refractivity contribution in [2.45, 2.75) is 6.92 Å². The van der Waals surface area contributed by atoms with E-state index in [-0.39, 0.29) is 11.6 Å². The summed E-state index contributed by atoms with van der Waals surface area (Å²) < 4.78 is 13.3. The number of carbonyl (C=O) groups is 1. The number of aryl methyl sites for hydroxylation is 1. The van der Waals surface area contributed by atoms with Crippen molar-refractivity contribution in [3.8, 4) is 22.8 Å². The average molecular weight is 486 g/mol. The number of fused-ring (bicyclic) bond motifs is 1. The Balaban J connectivity index is 1.45. The lowest BCUT2D eigenvalue weighted by atomic mass is 10.1. The van der Waals surface area contributed by atoms with Crippen LogP contribution in [0.5, 0.6) is 5.75 Å². The summed E-state index contributed by atoms with van der Waals surface area (Å²) in [6.07, 6.45) is 0.